The quantitative estimate of drug-likeness (QED) is 0.684. The van der Waals surface area contributed by atoms with E-state index in [0.717, 1.165) is 18.2 Å². The van der Waals surface area contributed by atoms with Gasteiger partial charge in [-0.05, 0) is 30.3 Å². The van der Waals surface area contributed by atoms with Crippen molar-refractivity contribution in [3.8, 4) is 0 Å². The van der Waals surface area contributed by atoms with Crippen molar-refractivity contribution in [2.24, 2.45) is 0 Å². The first-order chi connectivity index (χ1) is 9.72. The highest BCUT2D eigenvalue weighted by molar-refractivity contribution is 7.92. The fraction of sp³-hybridized carbons (Fsp3) is 0. The van der Waals surface area contributed by atoms with E-state index in [0.29, 0.717) is 12.1 Å². The van der Waals surface area contributed by atoms with Crippen LogP contribution in [0.5, 0.6) is 0 Å². The minimum atomic E-state index is -4.39. The van der Waals surface area contributed by atoms with Gasteiger partial charge in [-0.15, -0.1) is 0 Å². The molecular weight excluding hydrogens is 334 g/mol. The average molecular weight is 340 g/mol. The molecule has 0 spiro atoms. The zero-order valence-corrected chi connectivity index (χ0v) is 11.6. The van der Waals surface area contributed by atoms with E-state index in [4.69, 9.17) is 11.6 Å². The third-order valence-electron chi connectivity index (χ3n) is 2.46. The Morgan fingerprint density at radius 3 is 2.24 bits per heavy atom. The molecule has 0 aliphatic heterocycles. The van der Waals surface area contributed by atoms with E-state index < -0.39 is 48.9 Å². The molecule has 0 unspecified atom stereocenters. The second kappa shape index (κ2) is 5.53. The summed E-state index contributed by atoms with van der Waals surface area (Å²) < 4.78 is 77.8. The number of benzene rings is 2. The topological polar surface area (TPSA) is 46.2 Å². The Morgan fingerprint density at radius 2 is 1.62 bits per heavy atom. The van der Waals surface area contributed by atoms with Gasteiger partial charge in [0.2, 0.25) is 0 Å². The second-order valence-electron chi connectivity index (χ2n) is 3.90. The number of rotatable bonds is 3. The van der Waals surface area contributed by atoms with Crippen molar-refractivity contribution in [3.63, 3.8) is 0 Å². The van der Waals surface area contributed by atoms with Crippen molar-refractivity contribution in [2.75, 3.05) is 4.72 Å². The first kappa shape index (κ1) is 15.6. The first-order valence-electron chi connectivity index (χ1n) is 5.34. The van der Waals surface area contributed by atoms with Crippen LogP contribution in [0.1, 0.15) is 0 Å². The Balaban J connectivity index is 2.45. The normalized spacial score (nSPS) is 11.5. The molecule has 2 aromatic rings. The Morgan fingerprint density at radius 1 is 0.952 bits per heavy atom. The van der Waals surface area contributed by atoms with Gasteiger partial charge in [0.25, 0.3) is 10.0 Å². The molecule has 0 amide bonds. The van der Waals surface area contributed by atoms with Crippen LogP contribution in [0.2, 0.25) is 5.02 Å². The zero-order chi connectivity index (χ0) is 15.8. The van der Waals surface area contributed by atoms with Crippen LogP contribution in [-0.4, -0.2) is 8.42 Å². The van der Waals surface area contributed by atoms with Crippen LogP contribution in [0.15, 0.2) is 35.2 Å². The maximum atomic E-state index is 13.4. The number of nitrogens with one attached hydrogen (secondary N) is 1. The van der Waals surface area contributed by atoms with Crippen molar-refractivity contribution < 1.29 is 26.0 Å². The molecule has 0 saturated heterocycles. The van der Waals surface area contributed by atoms with Gasteiger partial charge in [-0.25, -0.2) is 26.0 Å². The molecule has 0 aliphatic rings. The molecule has 0 heterocycles. The summed E-state index contributed by atoms with van der Waals surface area (Å²) >= 11 is 5.59. The summed E-state index contributed by atoms with van der Waals surface area (Å²) in [6.45, 7) is 0. The maximum Gasteiger partial charge on any atom is 0.263 e. The standard InChI is InChI=1S/C12H6ClF4NO2S/c13-7-5-6(14)1-4-10(7)21(19,20)18-9-3-2-8(15)11(16)12(9)17/h1-5,18H. The largest absolute Gasteiger partial charge is 0.276 e. The number of hydrogen-bond donors (Lipinski definition) is 1. The number of anilines is 1. The van der Waals surface area contributed by atoms with Crippen LogP contribution in [-0.2, 0) is 10.0 Å². The highest BCUT2D eigenvalue weighted by Gasteiger charge is 2.22. The summed E-state index contributed by atoms with van der Waals surface area (Å²) in [4.78, 5) is -0.533. The third-order valence-corrected chi connectivity index (χ3v) is 4.31. The highest BCUT2D eigenvalue weighted by Crippen LogP contribution is 2.26. The summed E-state index contributed by atoms with van der Waals surface area (Å²) in [6.07, 6.45) is 0. The predicted molar refractivity (Wildman–Crippen MR) is 68.5 cm³/mol. The lowest BCUT2D eigenvalue weighted by atomic mass is 10.3. The van der Waals surface area contributed by atoms with Gasteiger partial charge in [0, 0.05) is 0 Å². The Bertz CT molecular complexity index is 811. The molecule has 0 radical (unpaired) electrons. The lowest BCUT2D eigenvalue weighted by molar-refractivity contribution is 0.449. The van der Waals surface area contributed by atoms with Crippen molar-refractivity contribution >= 4 is 27.3 Å². The smallest absolute Gasteiger partial charge is 0.263 e. The van der Waals surface area contributed by atoms with Crippen LogP contribution in [0.25, 0.3) is 0 Å². The number of hydrogen-bond acceptors (Lipinski definition) is 2. The molecule has 0 atom stereocenters. The van der Waals surface area contributed by atoms with E-state index in [1.54, 1.807) is 4.72 Å². The molecule has 2 aromatic carbocycles. The van der Waals surface area contributed by atoms with E-state index in [1.165, 1.54) is 0 Å². The summed E-state index contributed by atoms with van der Waals surface area (Å²) in [5.74, 6) is -5.74. The lowest BCUT2D eigenvalue weighted by Gasteiger charge is -2.10. The van der Waals surface area contributed by atoms with Gasteiger partial charge >= 0.3 is 0 Å². The van der Waals surface area contributed by atoms with Gasteiger partial charge in [-0.1, -0.05) is 11.6 Å². The fourth-order valence-corrected chi connectivity index (χ4v) is 3.09. The summed E-state index contributed by atoms with van der Waals surface area (Å²) in [5.41, 5.74) is -0.797. The van der Waals surface area contributed by atoms with Gasteiger partial charge in [-0.3, -0.25) is 4.72 Å². The minimum absolute atomic E-state index is 0.439. The monoisotopic (exact) mass is 339 g/mol. The minimum Gasteiger partial charge on any atom is -0.276 e. The molecule has 1 N–H and O–H groups in total. The Labute approximate surface area is 122 Å². The van der Waals surface area contributed by atoms with Crippen molar-refractivity contribution in [2.45, 2.75) is 4.90 Å². The molecule has 0 fully saturated rings. The van der Waals surface area contributed by atoms with Crippen LogP contribution in [0.4, 0.5) is 23.2 Å². The lowest BCUT2D eigenvalue weighted by Crippen LogP contribution is -2.15. The number of halogens is 5. The van der Waals surface area contributed by atoms with Gasteiger partial charge in [0.15, 0.2) is 17.5 Å². The van der Waals surface area contributed by atoms with Crippen LogP contribution < -0.4 is 4.72 Å². The second-order valence-corrected chi connectivity index (χ2v) is 5.96. The van der Waals surface area contributed by atoms with Gasteiger partial charge in [0.1, 0.15) is 10.7 Å². The molecule has 0 aromatic heterocycles. The molecule has 2 rings (SSSR count). The molecular formula is C12H6ClF4NO2S. The van der Waals surface area contributed by atoms with E-state index in [9.17, 15) is 26.0 Å². The average Bonchev–Trinajstić information content (AvgIpc) is 2.39. The van der Waals surface area contributed by atoms with Crippen LogP contribution in [0.3, 0.4) is 0 Å². The Kier molecular flexibility index (Phi) is 4.11. The first-order valence-corrected chi connectivity index (χ1v) is 7.20. The van der Waals surface area contributed by atoms with Crippen molar-refractivity contribution in [1.29, 1.82) is 0 Å². The zero-order valence-electron chi connectivity index (χ0n) is 10.0. The Hall–Kier alpha value is -1.80. The molecule has 0 aliphatic carbocycles. The fourth-order valence-electron chi connectivity index (χ4n) is 1.50. The molecule has 0 bridgehead atoms. The predicted octanol–water partition coefficient (Wildman–Crippen LogP) is 3.70. The van der Waals surface area contributed by atoms with Crippen molar-refractivity contribution in [3.05, 3.63) is 58.6 Å². The highest BCUT2D eigenvalue weighted by atomic mass is 35.5. The van der Waals surface area contributed by atoms with Crippen LogP contribution in [0, 0.1) is 23.3 Å². The molecule has 21 heavy (non-hydrogen) atoms. The summed E-state index contributed by atoms with van der Waals surface area (Å²) in [6, 6.07) is 3.71. The van der Waals surface area contributed by atoms with E-state index >= 15 is 0 Å². The molecule has 9 heteroatoms. The summed E-state index contributed by atoms with van der Waals surface area (Å²) in [5, 5.41) is -0.439. The molecule has 0 saturated carbocycles. The van der Waals surface area contributed by atoms with Crippen LogP contribution >= 0.6 is 11.6 Å². The van der Waals surface area contributed by atoms with E-state index in [-0.39, 0.29) is 0 Å². The van der Waals surface area contributed by atoms with Gasteiger partial charge in [-0.2, -0.15) is 0 Å². The van der Waals surface area contributed by atoms with E-state index in [1.807, 2.05) is 0 Å². The van der Waals surface area contributed by atoms with E-state index in [2.05, 4.69) is 0 Å². The van der Waals surface area contributed by atoms with Gasteiger partial charge < -0.3 is 0 Å². The van der Waals surface area contributed by atoms with Crippen molar-refractivity contribution in [1.82, 2.24) is 0 Å². The molecule has 112 valence electrons. The SMILES string of the molecule is O=S(=O)(Nc1ccc(F)c(F)c1F)c1ccc(F)cc1Cl. The number of sulfonamides is 1. The maximum absolute atomic E-state index is 13.4. The molecule has 3 nitrogen and oxygen atoms in total. The van der Waals surface area contributed by atoms with Gasteiger partial charge in [0.05, 0.1) is 10.7 Å². The summed E-state index contributed by atoms with van der Waals surface area (Å²) in [7, 11) is -4.39. The third kappa shape index (κ3) is 3.11.